The molecule has 4 heteroatoms. The molecule has 0 radical (unpaired) electrons. The molecule has 1 rings (SSSR count). The van der Waals surface area contributed by atoms with Crippen molar-refractivity contribution >= 4 is 6.09 Å². The highest BCUT2D eigenvalue weighted by Gasteiger charge is 2.27. The molecule has 0 bridgehead atoms. The predicted octanol–water partition coefficient (Wildman–Crippen LogP) is 2.55. The molecule has 0 saturated carbocycles. The number of nitriles is 1. The number of rotatable bonds is 1. The molecule has 0 N–H and O–H groups in total. The summed E-state index contributed by atoms with van der Waals surface area (Å²) in [6.07, 6.45) is 2.27. The average Bonchev–Trinajstić information content (AvgIpc) is 2.16. The third-order valence-corrected chi connectivity index (χ3v) is 2.55. The van der Waals surface area contributed by atoms with Crippen LogP contribution in [0, 0.1) is 17.2 Å². The van der Waals surface area contributed by atoms with Gasteiger partial charge in [-0.1, -0.05) is 0 Å². The van der Waals surface area contributed by atoms with Gasteiger partial charge in [0, 0.05) is 19.5 Å². The Morgan fingerprint density at radius 1 is 1.56 bits per heavy atom. The monoisotopic (exact) mass is 224 g/mol. The maximum Gasteiger partial charge on any atom is 0.410 e. The molecule has 1 aliphatic rings. The topological polar surface area (TPSA) is 53.3 Å². The van der Waals surface area contributed by atoms with Crippen molar-refractivity contribution in [3.8, 4) is 6.07 Å². The largest absolute Gasteiger partial charge is 0.444 e. The summed E-state index contributed by atoms with van der Waals surface area (Å²) in [5.41, 5.74) is -0.445. The van der Waals surface area contributed by atoms with E-state index in [9.17, 15) is 4.79 Å². The van der Waals surface area contributed by atoms with Gasteiger partial charge in [0.2, 0.25) is 0 Å². The third-order valence-electron chi connectivity index (χ3n) is 2.55. The average molecular weight is 224 g/mol. The van der Waals surface area contributed by atoms with Crippen molar-refractivity contribution in [2.24, 2.45) is 5.92 Å². The minimum Gasteiger partial charge on any atom is -0.444 e. The van der Waals surface area contributed by atoms with Crippen molar-refractivity contribution in [1.29, 1.82) is 5.26 Å². The van der Waals surface area contributed by atoms with Gasteiger partial charge in [-0.25, -0.2) is 4.79 Å². The molecule has 1 amide bonds. The quantitative estimate of drug-likeness (QED) is 0.687. The third kappa shape index (κ3) is 4.09. The van der Waals surface area contributed by atoms with E-state index in [4.69, 9.17) is 10.00 Å². The first kappa shape index (κ1) is 12.8. The molecular weight excluding hydrogens is 204 g/mol. The number of carbonyl (C=O) groups excluding carboxylic acids is 1. The highest BCUT2D eigenvalue weighted by molar-refractivity contribution is 5.68. The summed E-state index contributed by atoms with van der Waals surface area (Å²) in [5, 5.41) is 8.65. The van der Waals surface area contributed by atoms with Crippen molar-refractivity contribution in [2.75, 3.05) is 13.1 Å². The van der Waals surface area contributed by atoms with Crippen LogP contribution in [0.2, 0.25) is 0 Å². The summed E-state index contributed by atoms with van der Waals surface area (Å²) in [5.74, 6) is 0.311. The van der Waals surface area contributed by atoms with Gasteiger partial charge in [-0.2, -0.15) is 5.26 Å². The minimum atomic E-state index is -0.445. The Balaban J connectivity index is 2.48. The molecule has 1 atom stereocenters. The van der Waals surface area contributed by atoms with Gasteiger partial charge < -0.3 is 9.64 Å². The van der Waals surface area contributed by atoms with Crippen molar-refractivity contribution in [3.05, 3.63) is 0 Å². The van der Waals surface area contributed by atoms with Gasteiger partial charge in [-0.15, -0.1) is 0 Å². The van der Waals surface area contributed by atoms with Crippen LogP contribution in [-0.4, -0.2) is 29.7 Å². The smallest absolute Gasteiger partial charge is 0.410 e. The summed E-state index contributed by atoms with van der Waals surface area (Å²) in [6.45, 7) is 6.99. The first-order valence-corrected chi connectivity index (χ1v) is 5.77. The zero-order valence-electron chi connectivity index (χ0n) is 10.3. The fraction of sp³-hybridized carbons (Fsp3) is 0.833. The second-order valence-corrected chi connectivity index (χ2v) is 5.30. The van der Waals surface area contributed by atoms with Gasteiger partial charge in [0.25, 0.3) is 0 Å². The summed E-state index contributed by atoms with van der Waals surface area (Å²) in [7, 11) is 0. The maximum atomic E-state index is 11.8. The normalized spacial score (nSPS) is 21.4. The Bertz CT molecular complexity index is 288. The second-order valence-electron chi connectivity index (χ2n) is 5.30. The molecule has 1 aliphatic heterocycles. The Morgan fingerprint density at radius 2 is 2.25 bits per heavy atom. The second kappa shape index (κ2) is 5.20. The molecule has 90 valence electrons. The number of ether oxygens (including phenoxy) is 1. The molecule has 4 nitrogen and oxygen atoms in total. The van der Waals surface area contributed by atoms with Crippen LogP contribution in [0.1, 0.15) is 40.0 Å². The van der Waals surface area contributed by atoms with Crippen LogP contribution < -0.4 is 0 Å². The molecular formula is C12H20N2O2. The maximum absolute atomic E-state index is 11.8. The van der Waals surface area contributed by atoms with E-state index in [-0.39, 0.29) is 6.09 Å². The number of hydrogen-bond acceptors (Lipinski definition) is 3. The fourth-order valence-corrected chi connectivity index (χ4v) is 1.85. The number of piperidine rings is 1. The highest BCUT2D eigenvalue weighted by atomic mass is 16.6. The Hall–Kier alpha value is -1.24. The van der Waals surface area contributed by atoms with Gasteiger partial charge in [0.1, 0.15) is 5.60 Å². The van der Waals surface area contributed by atoms with Crippen molar-refractivity contribution in [2.45, 2.75) is 45.6 Å². The van der Waals surface area contributed by atoms with E-state index in [2.05, 4.69) is 6.07 Å². The summed E-state index contributed by atoms with van der Waals surface area (Å²) < 4.78 is 5.31. The summed E-state index contributed by atoms with van der Waals surface area (Å²) >= 11 is 0. The first-order valence-electron chi connectivity index (χ1n) is 5.77. The lowest BCUT2D eigenvalue weighted by Crippen LogP contribution is -2.42. The van der Waals surface area contributed by atoms with E-state index in [0.29, 0.717) is 18.9 Å². The van der Waals surface area contributed by atoms with Crippen LogP contribution in [0.5, 0.6) is 0 Å². The van der Waals surface area contributed by atoms with Crippen LogP contribution in [0.4, 0.5) is 4.79 Å². The van der Waals surface area contributed by atoms with E-state index in [0.717, 1.165) is 19.4 Å². The van der Waals surface area contributed by atoms with E-state index in [1.165, 1.54) is 0 Å². The number of likely N-dealkylation sites (tertiary alicyclic amines) is 1. The molecule has 0 spiro atoms. The standard InChI is InChI=1S/C12H20N2O2/c1-12(2,3)16-11(15)14-8-4-5-10(9-14)6-7-13/h10H,4-6,8-9H2,1-3H3. The molecule has 16 heavy (non-hydrogen) atoms. The van der Waals surface area contributed by atoms with E-state index >= 15 is 0 Å². The molecule has 0 aromatic heterocycles. The SMILES string of the molecule is CC(C)(C)OC(=O)N1CCCC(CC#N)C1. The number of hydrogen-bond donors (Lipinski definition) is 0. The minimum absolute atomic E-state index is 0.255. The lowest BCUT2D eigenvalue weighted by molar-refractivity contribution is 0.0168. The Labute approximate surface area is 97.2 Å². The van der Waals surface area contributed by atoms with Gasteiger partial charge in [0.05, 0.1) is 6.07 Å². The molecule has 1 heterocycles. The zero-order chi connectivity index (χ0) is 12.2. The van der Waals surface area contributed by atoms with Crippen LogP contribution in [0.3, 0.4) is 0 Å². The zero-order valence-corrected chi connectivity index (χ0v) is 10.3. The number of amides is 1. The number of carbonyl (C=O) groups is 1. The molecule has 0 aromatic rings. The number of nitrogens with zero attached hydrogens (tertiary/aromatic N) is 2. The van der Waals surface area contributed by atoms with Crippen LogP contribution in [0.15, 0.2) is 0 Å². The van der Waals surface area contributed by atoms with Crippen molar-refractivity contribution < 1.29 is 9.53 Å². The Kier molecular flexibility index (Phi) is 4.17. The lowest BCUT2D eigenvalue weighted by Gasteiger charge is -2.33. The molecule has 0 aliphatic carbocycles. The summed E-state index contributed by atoms with van der Waals surface area (Å²) in [6, 6.07) is 2.17. The fourth-order valence-electron chi connectivity index (χ4n) is 1.85. The van der Waals surface area contributed by atoms with Gasteiger partial charge >= 0.3 is 6.09 Å². The molecule has 1 fully saturated rings. The molecule has 1 unspecified atom stereocenters. The highest BCUT2D eigenvalue weighted by Crippen LogP contribution is 2.21. The van der Waals surface area contributed by atoms with E-state index in [1.54, 1.807) is 4.90 Å². The van der Waals surface area contributed by atoms with E-state index in [1.807, 2.05) is 20.8 Å². The van der Waals surface area contributed by atoms with Crippen molar-refractivity contribution in [3.63, 3.8) is 0 Å². The van der Waals surface area contributed by atoms with Gasteiger partial charge in [-0.05, 0) is 39.5 Å². The molecule has 1 saturated heterocycles. The van der Waals surface area contributed by atoms with Crippen LogP contribution >= 0.6 is 0 Å². The van der Waals surface area contributed by atoms with Gasteiger partial charge in [0.15, 0.2) is 0 Å². The van der Waals surface area contributed by atoms with Gasteiger partial charge in [-0.3, -0.25) is 0 Å². The predicted molar refractivity (Wildman–Crippen MR) is 60.8 cm³/mol. The van der Waals surface area contributed by atoms with Crippen LogP contribution in [0.25, 0.3) is 0 Å². The molecule has 0 aromatic carbocycles. The van der Waals surface area contributed by atoms with Crippen molar-refractivity contribution in [1.82, 2.24) is 4.90 Å². The van der Waals surface area contributed by atoms with Crippen LogP contribution in [-0.2, 0) is 4.74 Å². The first-order chi connectivity index (χ1) is 7.42. The Morgan fingerprint density at radius 3 is 2.81 bits per heavy atom. The lowest BCUT2D eigenvalue weighted by atomic mass is 9.96. The summed E-state index contributed by atoms with van der Waals surface area (Å²) in [4.78, 5) is 13.5. The van der Waals surface area contributed by atoms with E-state index < -0.39 is 5.60 Å².